The van der Waals surface area contributed by atoms with E-state index in [9.17, 15) is 14.7 Å². The summed E-state index contributed by atoms with van der Waals surface area (Å²) in [6.07, 6.45) is 2.59. The van der Waals surface area contributed by atoms with Gasteiger partial charge >= 0.3 is 5.97 Å². The normalized spacial score (nSPS) is 15.0. The maximum atomic E-state index is 12.7. The molecule has 1 aromatic heterocycles. The molecule has 1 aromatic carbocycles. The van der Waals surface area contributed by atoms with E-state index in [4.69, 9.17) is 4.74 Å². The van der Waals surface area contributed by atoms with E-state index in [1.54, 1.807) is 19.2 Å². The standard InChI is InChI=1S/C21H26N2O4S/c1-21(2)9-8-16-15(12-21)17(20(25)26)19(28-16)23-18(24)13-4-6-14(7-5-13)22-10-11-27-3/h4-7,22H,8-12H2,1-3H3,(H,23,24)(H,25,26). The summed E-state index contributed by atoms with van der Waals surface area (Å²) in [6, 6.07) is 7.10. The summed E-state index contributed by atoms with van der Waals surface area (Å²) in [5.41, 5.74) is 2.58. The number of hydrogen-bond donors (Lipinski definition) is 3. The minimum atomic E-state index is -0.983. The van der Waals surface area contributed by atoms with Crippen molar-refractivity contribution in [2.45, 2.75) is 33.1 Å². The van der Waals surface area contributed by atoms with Gasteiger partial charge in [-0.1, -0.05) is 13.8 Å². The van der Waals surface area contributed by atoms with Gasteiger partial charge in [0.05, 0.1) is 12.2 Å². The van der Waals surface area contributed by atoms with Gasteiger partial charge in [-0.3, -0.25) is 4.79 Å². The number of aromatic carboxylic acids is 1. The van der Waals surface area contributed by atoms with E-state index in [0.29, 0.717) is 23.7 Å². The van der Waals surface area contributed by atoms with E-state index >= 15 is 0 Å². The second-order valence-corrected chi connectivity index (χ2v) is 8.91. The van der Waals surface area contributed by atoms with Crippen molar-refractivity contribution in [3.63, 3.8) is 0 Å². The molecule has 3 rings (SSSR count). The number of thiophene rings is 1. The van der Waals surface area contributed by atoms with Crippen LogP contribution in [0.5, 0.6) is 0 Å². The molecule has 0 unspecified atom stereocenters. The Balaban J connectivity index is 1.77. The quantitative estimate of drug-likeness (QED) is 0.602. The van der Waals surface area contributed by atoms with Crippen LogP contribution >= 0.6 is 11.3 Å². The smallest absolute Gasteiger partial charge is 0.339 e. The SMILES string of the molecule is COCCNc1ccc(C(=O)Nc2sc3c(c2C(=O)O)CC(C)(C)CC3)cc1. The zero-order chi connectivity index (χ0) is 20.3. The van der Waals surface area contributed by atoms with E-state index < -0.39 is 5.97 Å². The van der Waals surface area contributed by atoms with Gasteiger partial charge in [-0.05, 0) is 54.5 Å². The molecule has 0 spiro atoms. The molecule has 0 saturated carbocycles. The predicted molar refractivity (Wildman–Crippen MR) is 112 cm³/mol. The third-order valence-corrected chi connectivity index (χ3v) is 6.21. The molecule has 0 fully saturated rings. The first-order valence-corrected chi connectivity index (χ1v) is 10.1. The number of nitrogens with one attached hydrogen (secondary N) is 2. The van der Waals surface area contributed by atoms with Gasteiger partial charge in [-0.25, -0.2) is 4.79 Å². The number of aryl methyl sites for hydroxylation is 1. The van der Waals surface area contributed by atoms with Crippen LogP contribution in [-0.2, 0) is 17.6 Å². The van der Waals surface area contributed by atoms with Crippen LogP contribution in [0.4, 0.5) is 10.7 Å². The van der Waals surface area contributed by atoms with E-state index in [1.807, 2.05) is 12.1 Å². The van der Waals surface area contributed by atoms with Crippen LogP contribution in [-0.4, -0.2) is 37.2 Å². The minimum absolute atomic E-state index is 0.0746. The van der Waals surface area contributed by atoms with Crippen LogP contribution in [0.25, 0.3) is 0 Å². The molecule has 2 aromatic rings. The van der Waals surface area contributed by atoms with E-state index in [0.717, 1.165) is 35.4 Å². The molecule has 0 radical (unpaired) electrons. The molecule has 6 nitrogen and oxygen atoms in total. The van der Waals surface area contributed by atoms with Crippen molar-refractivity contribution in [1.82, 2.24) is 0 Å². The maximum Gasteiger partial charge on any atom is 0.339 e. The summed E-state index contributed by atoms with van der Waals surface area (Å²) < 4.78 is 5.00. The number of rotatable bonds is 7. The summed E-state index contributed by atoms with van der Waals surface area (Å²) in [5, 5.41) is 16.2. The Morgan fingerprint density at radius 1 is 1.25 bits per heavy atom. The average molecular weight is 403 g/mol. The number of carboxylic acids is 1. The summed E-state index contributed by atoms with van der Waals surface area (Å²) in [4.78, 5) is 25.6. The average Bonchev–Trinajstić information content (AvgIpc) is 2.98. The fraction of sp³-hybridized carbons (Fsp3) is 0.429. The molecule has 1 aliphatic carbocycles. The lowest BCUT2D eigenvalue weighted by Gasteiger charge is -2.29. The van der Waals surface area contributed by atoms with E-state index in [-0.39, 0.29) is 16.9 Å². The van der Waals surface area contributed by atoms with Gasteiger partial charge in [0.25, 0.3) is 5.91 Å². The second kappa shape index (κ2) is 8.32. The zero-order valence-electron chi connectivity index (χ0n) is 16.4. The number of benzene rings is 1. The number of fused-ring (bicyclic) bond motifs is 1. The van der Waals surface area contributed by atoms with Crippen LogP contribution < -0.4 is 10.6 Å². The van der Waals surface area contributed by atoms with Crippen LogP contribution in [0.2, 0.25) is 0 Å². The number of amides is 1. The highest BCUT2D eigenvalue weighted by Gasteiger charge is 2.33. The summed E-state index contributed by atoms with van der Waals surface area (Å²) in [5.74, 6) is -1.29. The number of carbonyl (C=O) groups is 2. The molecule has 1 aliphatic rings. The summed E-state index contributed by atoms with van der Waals surface area (Å²) in [7, 11) is 1.64. The molecule has 1 amide bonds. The third-order valence-electron chi connectivity index (χ3n) is 5.00. The Morgan fingerprint density at radius 3 is 2.61 bits per heavy atom. The first-order valence-electron chi connectivity index (χ1n) is 9.33. The molecular formula is C21H26N2O4S. The van der Waals surface area contributed by atoms with Crippen molar-refractivity contribution in [2.75, 3.05) is 30.9 Å². The second-order valence-electron chi connectivity index (χ2n) is 7.81. The van der Waals surface area contributed by atoms with Gasteiger partial charge in [0, 0.05) is 29.8 Å². The molecule has 3 N–H and O–H groups in total. The van der Waals surface area contributed by atoms with Crippen LogP contribution in [0.1, 0.15) is 51.4 Å². The predicted octanol–water partition coefficient (Wildman–Crippen LogP) is 4.27. The van der Waals surface area contributed by atoms with Crippen molar-refractivity contribution in [1.29, 1.82) is 0 Å². The van der Waals surface area contributed by atoms with Crippen molar-refractivity contribution in [3.05, 3.63) is 45.8 Å². The van der Waals surface area contributed by atoms with Crippen LogP contribution in [0, 0.1) is 5.41 Å². The highest BCUT2D eigenvalue weighted by molar-refractivity contribution is 7.17. The minimum Gasteiger partial charge on any atom is -0.478 e. The van der Waals surface area contributed by atoms with Gasteiger partial charge in [-0.2, -0.15) is 0 Å². The van der Waals surface area contributed by atoms with Gasteiger partial charge in [-0.15, -0.1) is 11.3 Å². The van der Waals surface area contributed by atoms with Crippen molar-refractivity contribution >= 4 is 33.9 Å². The molecule has 1 heterocycles. The molecule has 0 atom stereocenters. The Kier molecular flexibility index (Phi) is 6.05. The summed E-state index contributed by atoms with van der Waals surface area (Å²) >= 11 is 1.39. The lowest BCUT2D eigenvalue weighted by atomic mass is 9.76. The number of hydrogen-bond acceptors (Lipinski definition) is 5. The molecule has 28 heavy (non-hydrogen) atoms. The van der Waals surface area contributed by atoms with E-state index in [1.165, 1.54) is 11.3 Å². The Bertz CT molecular complexity index is 871. The van der Waals surface area contributed by atoms with Gasteiger partial charge < -0.3 is 20.5 Å². The van der Waals surface area contributed by atoms with Crippen molar-refractivity contribution in [2.24, 2.45) is 5.41 Å². The lowest BCUT2D eigenvalue weighted by Crippen LogP contribution is -2.22. The zero-order valence-corrected chi connectivity index (χ0v) is 17.2. The largest absolute Gasteiger partial charge is 0.478 e. The third kappa shape index (κ3) is 4.54. The molecular weight excluding hydrogens is 376 g/mol. The number of carboxylic acid groups (broad SMARTS) is 1. The maximum absolute atomic E-state index is 12.7. The van der Waals surface area contributed by atoms with Crippen LogP contribution in [0.3, 0.4) is 0 Å². The topological polar surface area (TPSA) is 87.7 Å². The molecule has 0 saturated heterocycles. The highest BCUT2D eigenvalue weighted by atomic mass is 32.1. The first kappa shape index (κ1) is 20.4. The Hall–Kier alpha value is -2.38. The number of methoxy groups -OCH3 is 1. The summed E-state index contributed by atoms with van der Waals surface area (Å²) in [6.45, 7) is 5.58. The fourth-order valence-corrected chi connectivity index (χ4v) is 4.65. The highest BCUT2D eigenvalue weighted by Crippen LogP contribution is 2.43. The Labute approximate surface area is 168 Å². The van der Waals surface area contributed by atoms with Crippen molar-refractivity contribution in [3.8, 4) is 0 Å². The van der Waals surface area contributed by atoms with E-state index in [2.05, 4.69) is 24.5 Å². The number of carbonyl (C=O) groups excluding carboxylic acids is 1. The number of ether oxygens (including phenoxy) is 1. The van der Waals surface area contributed by atoms with Gasteiger partial charge in [0.2, 0.25) is 0 Å². The number of anilines is 2. The van der Waals surface area contributed by atoms with Crippen LogP contribution in [0.15, 0.2) is 24.3 Å². The van der Waals surface area contributed by atoms with Gasteiger partial charge in [0.1, 0.15) is 5.00 Å². The molecule has 150 valence electrons. The van der Waals surface area contributed by atoms with Gasteiger partial charge in [0.15, 0.2) is 0 Å². The lowest BCUT2D eigenvalue weighted by molar-refractivity contribution is 0.0696. The Morgan fingerprint density at radius 2 is 1.96 bits per heavy atom. The molecule has 0 bridgehead atoms. The fourth-order valence-electron chi connectivity index (χ4n) is 3.45. The molecule has 7 heteroatoms. The first-order chi connectivity index (χ1) is 13.3. The van der Waals surface area contributed by atoms with Crippen molar-refractivity contribution < 1.29 is 19.4 Å². The monoisotopic (exact) mass is 402 g/mol. The molecule has 0 aliphatic heterocycles.